The Balaban J connectivity index is 3.30. The molecule has 1 aromatic heterocycles. The number of rotatable bonds is 0. The topological polar surface area (TPSA) is 0 Å². The molecule has 1 aromatic rings. The summed E-state index contributed by atoms with van der Waals surface area (Å²) in [7, 11) is 1.41. The van der Waals surface area contributed by atoms with Crippen molar-refractivity contribution in [3.05, 3.63) is 28.3 Å². The van der Waals surface area contributed by atoms with Gasteiger partial charge in [0.05, 0.1) is 0 Å². The summed E-state index contributed by atoms with van der Waals surface area (Å²) in [5.74, 6) is 0. The Hall–Kier alpha value is -0.350. The highest BCUT2D eigenvalue weighted by atomic mass is 31.0. The Labute approximate surface area is 96.2 Å². The zero-order valence-corrected chi connectivity index (χ0v) is 12.0. The number of hydrogen-bond acceptors (Lipinski definition) is 0. The largest absolute Gasteiger partial charge is 0.0682 e. The molecule has 0 aliphatic rings. The first kappa shape index (κ1) is 12.7. The van der Waals surface area contributed by atoms with Gasteiger partial charge in [0.15, 0.2) is 0 Å². The molecule has 0 bridgehead atoms. The molecule has 15 heavy (non-hydrogen) atoms. The van der Waals surface area contributed by atoms with Crippen molar-refractivity contribution in [1.82, 2.24) is 0 Å². The van der Waals surface area contributed by atoms with Gasteiger partial charge >= 0.3 is 0 Å². The quantitative estimate of drug-likeness (QED) is 0.568. The first-order valence-electron chi connectivity index (χ1n) is 5.60. The van der Waals surface area contributed by atoms with E-state index >= 15 is 0 Å². The van der Waals surface area contributed by atoms with Crippen LogP contribution in [0.4, 0.5) is 0 Å². The molecule has 1 rings (SSSR count). The van der Waals surface area contributed by atoms with Gasteiger partial charge in [-0.15, -0.1) is 0 Å². The van der Waals surface area contributed by atoms with Crippen LogP contribution in [-0.2, 0) is 10.8 Å². The second-order valence-corrected chi connectivity index (χ2v) is 7.60. The molecule has 0 saturated carbocycles. The Kier molecular flexibility index (Phi) is 3.31. The van der Waals surface area contributed by atoms with E-state index in [2.05, 4.69) is 60.6 Å². The van der Waals surface area contributed by atoms with Gasteiger partial charge in [-0.25, -0.2) is 0 Å². The lowest BCUT2D eigenvalue weighted by atomic mass is 9.92. The van der Waals surface area contributed by atoms with Crippen LogP contribution in [0, 0.1) is 6.92 Å². The molecule has 84 valence electrons. The Morgan fingerprint density at radius 1 is 0.800 bits per heavy atom. The van der Waals surface area contributed by atoms with Crippen molar-refractivity contribution in [2.24, 2.45) is 0 Å². The van der Waals surface area contributed by atoms with Gasteiger partial charge in [0.1, 0.15) is 0 Å². The van der Waals surface area contributed by atoms with Crippen molar-refractivity contribution >= 4 is 8.19 Å². The zero-order valence-electron chi connectivity index (χ0n) is 11.1. The smallest absolute Gasteiger partial charge is 0.00882 e. The minimum atomic E-state index is 0.285. The fraction of sp³-hybridized carbons (Fsp3) is 0.643. The van der Waals surface area contributed by atoms with Crippen LogP contribution in [0.25, 0.3) is 0 Å². The van der Waals surface area contributed by atoms with Crippen LogP contribution in [0.3, 0.4) is 0 Å². The van der Waals surface area contributed by atoms with Gasteiger partial charge in [0.2, 0.25) is 0 Å². The summed E-state index contributed by atoms with van der Waals surface area (Å²) in [6.07, 6.45) is 0. The van der Waals surface area contributed by atoms with E-state index in [0.717, 1.165) is 0 Å². The molecule has 0 nitrogen and oxygen atoms in total. The van der Waals surface area contributed by atoms with Crippen molar-refractivity contribution in [2.75, 3.05) is 0 Å². The SMILES string of the molecule is Cc1cc(C(C)(C)C)pc(C(C)(C)C)c1. The summed E-state index contributed by atoms with van der Waals surface area (Å²) in [6, 6.07) is 4.69. The maximum absolute atomic E-state index is 2.34. The minimum Gasteiger partial charge on any atom is -0.0682 e. The van der Waals surface area contributed by atoms with Gasteiger partial charge in [-0.2, -0.15) is 0 Å². The van der Waals surface area contributed by atoms with E-state index in [4.69, 9.17) is 0 Å². The van der Waals surface area contributed by atoms with Crippen LogP contribution in [0.1, 0.15) is 57.7 Å². The molecule has 1 heterocycles. The third-order valence-corrected chi connectivity index (χ3v) is 4.59. The molecule has 0 N–H and O–H groups in total. The molecular formula is C14H23P. The molecular weight excluding hydrogens is 199 g/mol. The van der Waals surface area contributed by atoms with Crippen molar-refractivity contribution in [1.29, 1.82) is 0 Å². The molecule has 1 heteroatoms. The lowest BCUT2D eigenvalue weighted by Crippen LogP contribution is -2.13. The summed E-state index contributed by atoms with van der Waals surface area (Å²) >= 11 is 0. The van der Waals surface area contributed by atoms with Crippen molar-refractivity contribution in [3.8, 4) is 0 Å². The zero-order chi connectivity index (χ0) is 11.9. The van der Waals surface area contributed by atoms with Crippen LogP contribution in [0.15, 0.2) is 12.1 Å². The van der Waals surface area contributed by atoms with E-state index in [9.17, 15) is 0 Å². The summed E-state index contributed by atoms with van der Waals surface area (Å²) in [4.78, 5) is 0. The Morgan fingerprint density at radius 3 is 1.40 bits per heavy atom. The summed E-state index contributed by atoms with van der Waals surface area (Å²) in [5, 5.41) is 3.07. The Bertz CT molecular complexity index is 318. The van der Waals surface area contributed by atoms with E-state index < -0.39 is 0 Å². The van der Waals surface area contributed by atoms with Gasteiger partial charge in [0, 0.05) is 0 Å². The van der Waals surface area contributed by atoms with Crippen molar-refractivity contribution in [3.63, 3.8) is 0 Å². The molecule has 0 amide bonds. The van der Waals surface area contributed by atoms with E-state index in [0.29, 0.717) is 0 Å². The molecule has 0 aliphatic heterocycles. The standard InChI is InChI=1S/C14H23P/c1-10-8-11(13(2,3)4)15-12(9-10)14(5,6)7/h8-9H,1-7H3. The Morgan fingerprint density at radius 2 is 1.13 bits per heavy atom. The lowest BCUT2D eigenvalue weighted by molar-refractivity contribution is 0.593. The summed E-state index contributed by atoms with van der Waals surface area (Å²) < 4.78 is 0. The van der Waals surface area contributed by atoms with E-state index in [1.54, 1.807) is 0 Å². The molecule has 0 fully saturated rings. The highest BCUT2D eigenvalue weighted by molar-refractivity contribution is 7.32. The molecule has 0 radical (unpaired) electrons. The lowest BCUT2D eigenvalue weighted by Gasteiger charge is -2.24. The van der Waals surface area contributed by atoms with Gasteiger partial charge in [-0.05, 0) is 33.9 Å². The molecule has 0 aliphatic carbocycles. The monoisotopic (exact) mass is 222 g/mol. The van der Waals surface area contributed by atoms with Crippen LogP contribution in [0.2, 0.25) is 0 Å². The van der Waals surface area contributed by atoms with Crippen molar-refractivity contribution < 1.29 is 0 Å². The van der Waals surface area contributed by atoms with E-state index in [-0.39, 0.29) is 10.8 Å². The predicted molar refractivity (Wildman–Crippen MR) is 71.1 cm³/mol. The highest BCUT2D eigenvalue weighted by Gasteiger charge is 2.20. The number of hydrogen-bond donors (Lipinski definition) is 0. The van der Waals surface area contributed by atoms with Crippen LogP contribution >= 0.6 is 8.19 Å². The number of aryl methyl sites for hydroxylation is 1. The summed E-state index contributed by atoms with van der Waals surface area (Å²) in [5.41, 5.74) is 1.96. The summed E-state index contributed by atoms with van der Waals surface area (Å²) in [6.45, 7) is 16.0. The molecule has 0 unspecified atom stereocenters. The van der Waals surface area contributed by atoms with Crippen molar-refractivity contribution in [2.45, 2.75) is 59.3 Å². The molecule has 0 atom stereocenters. The van der Waals surface area contributed by atoms with Crippen LogP contribution in [0.5, 0.6) is 0 Å². The van der Waals surface area contributed by atoms with Gasteiger partial charge in [-0.1, -0.05) is 61.9 Å². The average Bonchev–Trinajstić information content (AvgIpc) is 1.99. The third kappa shape index (κ3) is 3.31. The molecule has 0 spiro atoms. The second-order valence-electron chi connectivity index (χ2n) is 6.41. The van der Waals surface area contributed by atoms with Gasteiger partial charge in [0.25, 0.3) is 0 Å². The average molecular weight is 222 g/mol. The second kappa shape index (κ2) is 3.91. The third-order valence-electron chi connectivity index (χ3n) is 2.51. The fourth-order valence-corrected chi connectivity index (χ4v) is 2.90. The predicted octanol–water partition coefficient (Wildman–Crippen LogP) is 5.17. The van der Waals surface area contributed by atoms with Crippen LogP contribution in [-0.4, -0.2) is 0 Å². The van der Waals surface area contributed by atoms with Crippen LogP contribution < -0.4 is 0 Å². The van der Waals surface area contributed by atoms with Gasteiger partial charge < -0.3 is 0 Å². The molecule has 0 aromatic carbocycles. The maximum atomic E-state index is 2.34. The normalized spacial score (nSPS) is 13.0. The van der Waals surface area contributed by atoms with E-state index in [1.807, 2.05) is 0 Å². The molecule has 0 saturated heterocycles. The minimum absolute atomic E-state index is 0.285. The van der Waals surface area contributed by atoms with E-state index in [1.165, 1.54) is 24.3 Å². The van der Waals surface area contributed by atoms with Gasteiger partial charge in [-0.3, -0.25) is 0 Å². The maximum Gasteiger partial charge on any atom is -0.00882 e. The fourth-order valence-electron chi connectivity index (χ4n) is 1.44. The first-order valence-corrected chi connectivity index (χ1v) is 6.50. The first-order chi connectivity index (χ1) is 6.60. The highest BCUT2D eigenvalue weighted by Crippen LogP contribution is 2.38.